The molecule has 1 heterocycles. The van der Waals surface area contributed by atoms with Crippen LogP contribution in [0.1, 0.15) is 84.2 Å². The third-order valence-corrected chi connectivity index (χ3v) is 6.84. The summed E-state index contributed by atoms with van der Waals surface area (Å²) in [5, 5.41) is 3.59. The SMILES string of the molecule is CCCCCC(=O)N1c2ccccc2NC2=C(C(=O)CC(C)(C)C2)[C@@H]1c1ccccc1OCCC. The highest BCUT2D eigenvalue weighted by atomic mass is 16.5. The van der Waals surface area contributed by atoms with Crippen LogP contribution in [-0.2, 0) is 9.59 Å². The van der Waals surface area contributed by atoms with E-state index in [-0.39, 0.29) is 17.1 Å². The summed E-state index contributed by atoms with van der Waals surface area (Å²) < 4.78 is 6.16. The number of benzene rings is 2. The van der Waals surface area contributed by atoms with Crippen LogP contribution in [0.3, 0.4) is 0 Å². The van der Waals surface area contributed by atoms with Gasteiger partial charge < -0.3 is 10.1 Å². The summed E-state index contributed by atoms with van der Waals surface area (Å²) in [6.07, 6.45) is 5.40. The van der Waals surface area contributed by atoms with Crippen molar-refractivity contribution < 1.29 is 14.3 Å². The molecule has 2 aromatic rings. The molecule has 0 saturated carbocycles. The van der Waals surface area contributed by atoms with Crippen LogP contribution in [0.4, 0.5) is 11.4 Å². The van der Waals surface area contributed by atoms with E-state index in [0.717, 1.165) is 60.5 Å². The van der Waals surface area contributed by atoms with Crippen molar-refractivity contribution in [1.29, 1.82) is 0 Å². The van der Waals surface area contributed by atoms with Crippen LogP contribution in [-0.4, -0.2) is 18.3 Å². The van der Waals surface area contributed by atoms with Gasteiger partial charge in [0.2, 0.25) is 5.91 Å². The normalized spacial score (nSPS) is 18.9. The summed E-state index contributed by atoms with van der Waals surface area (Å²) in [7, 11) is 0. The van der Waals surface area contributed by atoms with Crippen molar-refractivity contribution in [1.82, 2.24) is 0 Å². The molecule has 0 aromatic heterocycles. The van der Waals surface area contributed by atoms with Crippen molar-refractivity contribution in [3.8, 4) is 5.75 Å². The fourth-order valence-corrected chi connectivity index (χ4v) is 5.25. The summed E-state index contributed by atoms with van der Waals surface area (Å²) in [5.74, 6) is 0.863. The summed E-state index contributed by atoms with van der Waals surface area (Å²) in [6, 6.07) is 15.3. The molecular formula is C30H38N2O3. The molecule has 1 aliphatic carbocycles. The number of rotatable bonds is 8. The molecule has 1 aliphatic heterocycles. The lowest BCUT2D eigenvalue weighted by Crippen LogP contribution is -2.39. The lowest BCUT2D eigenvalue weighted by Gasteiger charge is -2.37. The largest absolute Gasteiger partial charge is 0.493 e. The molecule has 186 valence electrons. The van der Waals surface area contributed by atoms with E-state index in [2.05, 4.69) is 33.0 Å². The van der Waals surface area contributed by atoms with Crippen LogP contribution in [0.25, 0.3) is 0 Å². The Morgan fingerprint density at radius 2 is 1.77 bits per heavy atom. The Bertz CT molecular complexity index is 1120. The van der Waals surface area contributed by atoms with Gasteiger partial charge in [-0.1, -0.05) is 70.9 Å². The first-order chi connectivity index (χ1) is 16.9. The van der Waals surface area contributed by atoms with Crippen LogP contribution in [0, 0.1) is 5.41 Å². The quantitative estimate of drug-likeness (QED) is 0.411. The fraction of sp³-hybridized carbons (Fsp3) is 0.467. The number of carbonyl (C=O) groups excluding carboxylic acids is 2. The third-order valence-electron chi connectivity index (χ3n) is 6.84. The Morgan fingerprint density at radius 3 is 2.54 bits per heavy atom. The molecule has 2 aromatic carbocycles. The second-order valence-electron chi connectivity index (χ2n) is 10.5. The highest BCUT2D eigenvalue weighted by Crippen LogP contribution is 2.49. The van der Waals surface area contributed by atoms with E-state index < -0.39 is 6.04 Å². The predicted octanol–water partition coefficient (Wildman–Crippen LogP) is 7.20. The lowest BCUT2D eigenvalue weighted by molar-refractivity contribution is -0.119. The molecular weight excluding hydrogens is 436 g/mol. The van der Waals surface area contributed by atoms with E-state index in [1.54, 1.807) is 0 Å². The van der Waals surface area contributed by atoms with Crippen molar-refractivity contribution in [2.75, 3.05) is 16.8 Å². The van der Waals surface area contributed by atoms with Gasteiger partial charge in [-0.15, -0.1) is 0 Å². The Balaban J connectivity index is 1.94. The maximum atomic E-state index is 13.9. The number of amides is 1. The van der Waals surface area contributed by atoms with Crippen molar-refractivity contribution in [3.63, 3.8) is 0 Å². The van der Waals surface area contributed by atoms with Gasteiger partial charge in [-0.05, 0) is 42.9 Å². The van der Waals surface area contributed by atoms with Crippen LogP contribution in [0.5, 0.6) is 5.75 Å². The van der Waals surface area contributed by atoms with Gasteiger partial charge in [-0.25, -0.2) is 0 Å². The number of Topliss-reactive ketones (excluding diaryl/α,β-unsaturated/α-hetero) is 1. The maximum absolute atomic E-state index is 13.9. The van der Waals surface area contributed by atoms with Crippen LogP contribution in [0.15, 0.2) is 59.8 Å². The molecule has 1 atom stereocenters. The third kappa shape index (κ3) is 5.29. The van der Waals surface area contributed by atoms with Gasteiger partial charge >= 0.3 is 0 Å². The molecule has 2 aliphatic rings. The smallest absolute Gasteiger partial charge is 0.227 e. The van der Waals surface area contributed by atoms with Crippen molar-refractivity contribution >= 4 is 23.1 Å². The lowest BCUT2D eigenvalue weighted by atomic mass is 9.73. The van der Waals surface area contributed by atoms with E-state index >= 15 is 0 Å². The number of nitrogens with zero attached hydrogens (tertiary/aromatic N) is 1. The minimum absolute atomic E-state index is 0.0365. The molecule has 35 heavy (non-hydrogen) atoms. The van der Waals surface area contributed by atoms with Gasteiger partial charge in [0, 0.05) is 29.7 Å². The fourth-order valence-electron chi connectivity index (χ4n) is 5.25. The first-order valence-corrected chi connectivity index (χ1v) is 13.0. The van der Waals surface area contributed by atoms with E-state index in [1.165, 1.54) is 0 Å². The van der Waals surface area contributed by atoms with E-state index in [1.807, 2.05) is 53.4 Å². The molecule has 0 fully saturated rings. The first kappa shape index (κ1) is 25.0. The molecule has 5 heteroatoms. The van der Waals surface area contributed by atoms with Gasteiger partial charge in [-0.3, -0.25) is 14.5 Å². The zero-order chi connectivity index (χ0) is 25.0. The summed E-state index contributed by atoms with van der Waals surface area (Å²) in [5.41, 5.74) is 3.99. The number of fused-ring (bicyclic) bond motifs is 1. The van der Waals surface area contributed by atoms with Gasteiger partial charge in [0.15, 0.2) is 5.78 Å². The average Bonchev–Trinajstić information content (AvgIpc) is 2.96. The second kappa shape index (κ2) is 10.7. The van der Waals surface area contributed by atoms with Crippen molar-refractivity contribution in [2.45, 2.75) is 78.7 Å². The van der Waals surface area contributed by atoms with Crippen molar-refractivity contribution in [3.05, 3.63) is 65.4 Å². The monoisotopic (exact) mass is 474 g/mol. The Kier molecular flexibility index (Phi) is 7.63. The molecule has 0 bridgehead atoms. The summed E-state index contributed by atoms with van der Waals surface area (Å²) in [4.78, 5) is 29.6. The number of ketones is 1. The van der Waals surface area contributed by atoms with Gasteiger partial charge in [0.1, 0.15) is 5.75 Å². The number of hydrogen-bond donors (Lipinski definition) is 1. The zero-order valence-electron chi connectivity index (χ0n) is 21.5. The number of para-hydroxylation sites is 3. The number of carbonyl (C=O) groups is 2. The standard InChI is InChI=1S/C30H38N2O3/c1-5-7-8-17-27(34)32-24-15-11-10-14-22(24)31-23-19-30(3,4)20-25(33)28(23)29(32)21-13-9-12-16-26(21)35-18-6-2/h9-16,29,31H,5-8,17-20H2,1-4H3/t29-/m0/s1. The summed E-state index contributed by atoms with van der Waals surface area (Å²) >= 11 is 0. The minimum atomic E-state index is -0.535. The molecule has 0 unspecified atom stereocenters. The number of ether oxygens (including phenoxy) is 1. The minimum Gasteiger partial charge on any atom is -0.493 e. The number of unbranched alkanes of at least 4 members (excludes halogenated alkanes) is 2. The molecule has 4 rings (SSSR count). The molecule has 5 nitrogen and oxygen atoms in total. The maximum Gasteiger partial charge on any atom is 0.227 e. The highest BCUT2D eigenvalue weighted by molar-refractivity contribution is 6.06. The van der Waals surface area contributed by atoms with Gasteiger partial charge in [0.05, 0.1) is 24.0 Å². The number of nitrogens with one attached hydrogen (secondary N) is 1. The zero-order valence-corrected chi connectivity index (χ0v) is 21.5. The van der Waals surface area contributed by atoms with E-state index in [0.29, 0.717) is 25.0 Å². The van der Waals surface area contributed by atoms with Gasteiger partial charge in [-0.2, -0.15) is 0 Å². The van der Waals surface area contributed by atoms with Crippen LogP contribution in [0.2, 0.25) is 0 Å². The Hall–Kier alpha value is -3.08. The molecule has 0 radical (unpaired) electrons. The molecule has 0 saturated heterocycles. The Morgan fingerprint density at radius 1 is 1.03 bits per heavy atom. The van der Waals surface area contributed by atoms with E-state index in [9.17, 15) is 9.59 Å². The topological polar surface area (TPSA) is 58.6 Å². The van der Waals surface area contributed by atoms with Crippen LogP contribution >= 0.6 is 0 Å². The molecule has 0 spiro atoms. The summed E-state index contributed by atoms with van der Waals surface area (Å²) in [6.45, 7) is 9.06. The predicted molar refractivity (Wildman–Crippen MR) is 142 cm³/mol. The van der Waals surface area contributed by atoms with Crippen molar-refractivity contribution in [2.24, 2.45) is 5.41 Å². The van der Waals surface area contributed by atoms with E-state index in [4.69, 9.17) is 4.74 Å². The Labute approximate surface area is 209 Å². The van der Waals surface area contributed by atoms with Gasteiger partial charge in [0.25, 0.3) is 0 Å². The molecule has 1 N–H and O–H groups in total. The number of anilines is 2. The number of allylic oxidation sites excluding steroid dienone is 1. The second-order valence-corrected chi connectivity index (χ2v) is 10.5. The highest BCUT2D eigenvalue weighted by Gasteiger charge is 2.43. The number of hydrogen-bond acceptors (Lipinski definition) is 4. The first-order valence-electron chi connectivity index (χ1n) is 13.0. The van der Waals surface area contributed by atoms with Crippen LogP contribution < -0.4 is 15.0 Å². The average molecular weight is 475 g/mol. The molecule has 1 amide bonds.